The standard InChI is InChI=1S/C43H47Cl2FN6O4/c1-50-36-10-18-52(19-15-42-11-13-43(26-42,14-12-42)41(55)56)25-35(36)48-39(50)40(54)49-33-8-3-7-31(38(33)45)30-6-2-5-28(37(30)44)21-32(46)34-22-27-9-17-51(16-4-20-53)24-29(27)23-47-34/h2-3,5-8,21-23,53H,4,9-20,24-26H2,1H3,(H,49,54)(H,55,56)/b32-21-. The predicted octanol–water partition coefficient (Wildman–Crippen LogP) is 8.03. The van der Waals surface area contributed by atoms with Gasteiger partial charge in [-0.2, -0.15) is 0 Å². The zero-order valence-electron chi connectivity index (χ0n) is 31.6. The van der Waals surface area contributed by atoms with Gasteiger partial charge in [0.05, 0.1) is 32.5 Å². The van der Waals surface area contributed by atoms with Gasteiger partial charge in [-0.05, 0) is 98.2 Å². The molecule has 4 aromatic rings. The van der Waals surface area contributed by atoms with Crippen LogP contribution in [-0.2, 0) is 37.8 Å². The number of aliphatic hydroxyl groups is 1. The van der Waals surface area contributed by atoms with Gasteiger partial charge in [-0.25, -0.2) is 9.37 Å². The fourth-order valence-corrected chi connectivity index (χ4v) is 10.1. The molecule has 2 aliphatic heterocycles. The molecule has 56 heavy (non-hydrogen) atoms. The molecule has 2 aromatic heterocycles. The first-order valence-electron chi connectivity index (χ1n) is 19.6. The first-order chi connectivity index (χ1) is 27.0. The first-order valence-corrected chi connectivity index (χ1v) is 20.3. The lowest BCUT2D eigenvalue weighted by atomic mass is 9.80. The highest BCUT2D eigenvalue weighted by Crippen LogP contribution is 2.63. The van der Waals surface area contributed by atoms with E-state index in [1.807, 2.05) is 23.7 Å². The Hall–Kier alpha value is -4.13. The number of carboxylic acid groups (broad SMARTS) is 1. The van der Waals surface area contributed by atoms with Gasteiger partial charge in [0.15, 0.2) is 5.82 Å². The van der Waals surface area contributed by atoms with Gasteiger partial charge in [0.1, 0.15) is 5.83 Å². The Morgan fingerprint density at radius 1 is 0.964 bits per heavy atom. The summed E-state index contributed by atoms with van der Waals surface area (Å²) in [6.07, 6.45) is 10.7. The Kier molecular flexibility index (Phi) is 10.8. The van der Waals surface area contributed by atoms with Crippen molar-refractivity contribution in [2.24, 2.45) is 17.9 Å². The van der Waals surface area contributed by atoms with Crippen molar-refractivity contribution in [1.29, 1.82) is 0 Å². The van der Waals surface area contributed by atoms with Crippen LogP contribution in [0.4, 0.5) is 10.1 Å². The van der Waals surface area contributed by atoms with Gasteiger partial charge in [-0.15, -0.1) is 0 Å². The Balaban J connectivity index is 0.944. The molecular formula is C43H47Cl2FN6O4. The van der Waals surface area contributed by atoms with E-state index in [1.165, 1.54) is 6.08 Å². The molecule has 1 amide bonds. The second-order valence-electron chi connectivity index (χ2n) is 16.2. The van der Waals surface area contributed by atoms with Crippen molar-refractivity contribution in [3.05, 3.63) is 98.3 Å². The first kappa shape index (κ1) is 38.7. The van der Waals surface area contributed by atoms with Crippen LogP contribution in [0, 0.1) is 10.8 Å². The molecule has 0 saturated heterocycles. The average Bonchev–Trinajstić information content (AvgIpc) is 3.88. The Morgan fingerprint density at radius 3 is 2.45 bits per heavy atom. The molecule has 294 valence electrons. The summed E-state index contributed by atoms with van der Waals surface area (Å²) in [7, 11) is 1.86. The monoisotopic (exact) mass is 800 g/mol. The van der Waals surface area contributed by atoms with Crippen LogP contribution >= 0.6 is 23.2 Å². The fourth-order valence-electron chi connectivity index (χ4n) is 9.54. The third-order valence-corrected chi connectivity index (χ3v) is 13.7. The molecule has 2 bridgehead atoms. The zero-order chi connectivity index (χ0) is 39.2. The zero-order valence-corrected chi connectivity index (χ0v) is 33.1. The summed E-state index contributed by atoms with van der Waals surface area (Å²) in [5.74, 6) is -1.22. The van der Waals surface area contributed by atoms with Crippen molar-refractivity contribution in [1.82, 2.24) is 24.3 Å². The van der Waals surface area contributed by atoms with Crippen molar-refractivity contribution in [3.8, 4) is 11.1 Å². The SMILES string of the molecule is Cn1c(C(=O)Nc2cccc(-c3cccc(/C=C(\F)c4cc5c(cn4)CN(CCCO)CC5)c3Cl)c2Cl)nc2c1CCN(CCC13CCC(C(=O)O)(CC1)C3)C2. The molecule has 2 aromatic carbocycles. The minimum Gasteiger partial charge on any atom is -0.481 e. The molecule has 2 saturated carbocycles. The maximum Gasteiger partial charge on any atom is 0.309 e. The number of carbonyl (C=O) groups excluding carboxylic acids is 1. The van der Waals surface area contributed by atoms with Crippen LogP contribution in [0.2, 0.25) is 10.0 Å². The van der Waals surface area contributed by atoms with Crippen LogP contribution in [0.3, 0.4) is 0 Å². The molecule has 3 N–H and O–H groups in total. The van der Waals surface area contributed by atoms with Crippen molar-refractivity contribution in [2.75, 3.05) is 38.1 Å². The summed E-state index contributed by atoms with van der Waals surface area (Å²) < 4.78 is 17.6. The highest BCUT2D eigenvalue weighted by molar-refractivity contribution is 6.39. The normalized spacial score (nSPS) is 22.3. The maximum atomic E-state index is 15.7. The molecule has 13 heteroatoms. The van der Waals surface area contributed by atoms with E-state index in [2.05, 4.69) is 20.1 Å². The van der Waals surface area contributed by atoms with Crippen molar-refractivity contribution in [2.45, 2.75) is 70.9 Å². The van der Waals surface area contributed by atoms with Gasteiger partial charge in [0.25, 0.3) is 5.91 Å². The van der Waals surface area contributed by atoms with Crippen molar-refractivity contribution < 1.29 is 24.2 Å². The largest absolute Gasteiger partial charge is 0.481 e. The number of halogens is 3. The van der Waals surface area contributed by atoms with Gasteiger partial charge >= 0.3 is 5.97 Å². The van der Waals surface area contributed by atoms with E-state index in [0.717, 1.165) is 113 Å². The maximum absolute atomic E-state index is 15.7. The fraction of sp³-hybridized carbons (Fsp3) is 0.442. The molecule has 2 aliphatic carbocycles. The summed E-state index contributed by atoms with van der Waals surface area (Å²) in [4.78, 5) is 39.5. The second-order valence-corrected chi connectivity index (χ2v) is 16.9. The molecule has 4 heterocycles. The number of fused-ring (bicyclic) bond motifs is 4. The summed E-state index contributed by atoms with van der Waals surface area (Å²) in [6, 6.07) is 12.5. The lowest BCUT2D eigenvalue weighted by Crippen LogP contribution is -2.34. The number of anilines is 1. The number of hydrogen-bond acceptors (Lipinski definition) is 7. The third kappa shape index (κ3) is 7.40. The number of carbonyl (C=O) groups is 2. The minimum atomic E-state index is -0.631. The highest BCUT2D eigenvalue weighted by atomic mass is 35.5. The number of nitrogens with zero attached hydrogens (tertiary/aromatic N) is 5. The van der Waals surface area contributed by atoms with Crippen LogP contribution in [0.15, 0.2) is 48.7 Å². The van der Waals surface area contributed by atoms with Crippen LogP contribution in [0.25, 0.3) is 23.0 Å². The number of nitrogens with one attached hydrogen (secondary N) is 1. The molecule has 0 unspecified atom stereocenters. The molecule has 2 fully saturated rings. The Morgan fingerprint density at radius 2 is 1.70 bits per heavy atom. The van der Waals surface area contributed by atoms with E-state index in [-0.39, 0.29) is 23.6 Å². The number of carboxylic acids is 1. The van der Waals surface area contributed by atoms with E-state index in [4.69, 9.17) is 28.2 Å². The number of imidazole rings is 1. The lowest BCUT2D eigenvalue weighted by molar-refractivity contribution is -0.148. The molecule has 0 radical (unpaired) electrons. The van der Waals surface area contributed by atoms with Crippen molar-refractivity contribution >= 4 is 52.7 Å². The number of rotatable bonds is 12. The number of benzene rings is 2. The highest BCUT2D eigenvalue weighted by Gasteiger charge is 2.57. The third-order valence-electron chi connectivity index (χ3n) is 12.8. The van der Waals surface area contributed by atoms with Gasteiger partial charge < -0.3 is 20.1 Å². The summed E-state index contributed by atoms with van der Waals surface area (Å²) >= 11 is 13.9. The number of pyridine rings is 1. The average molecular weight is 802 g/mol. The molecule has 0 spiro atoms. The molecule has 0 atom stereocenters. The van der Waals surface area contributed by atoms with Crippen LogP contribution < -0.4 is 5.32 Å². The molecule has 8 rings (SSSR count). The lowest BCUT2D eigenvalue weighted by Gasteiger charge is -2.32. The van der Waals surface area contributed by atoms with E-state index in [0.29, 0.717) is 44.8 Å². The topological polar surface area (TPSA) is 124 Å². The van der Waals surface area contributed by atoms with Crippen molar-refractivity contribution in [3.63, 3.8) is 0 Å². The smallest absolute Gasteiger partial charge is 0.309 e. The predicted molar refractivity (Wildman–Crippen MR) is 216 cm³/mol. The van der Waals surface area contributed by atoms with E-state index in [1.54, 1.807) is 36.5 Å². The van der Waals surface area contributed by atoms with Gasteiger partial charge in [-0.1, -0.05) is 53.5 Å². The molecular weight excluding hydrogens is 754 g/mol. The second kappa shape index (κ2) is 15.7. The molecule has 10 nitrogen and oxygen atoms in total. The number of aliphatic carboxylic acids is 1. The number of amides is 1. The van der Waals surface area contributed by atoms with Gasteiger partial charge in [0.2, 0.25) is 0 Å². The van der Waals surface area contributed by atoms with Crippen LogP contribution in [0.5, 0.6) is 0 Å². The quantitative estimate of drug-likeness (QED) is 0.132. The number of hydrogen-bond donors (Lipinski definition) is 3. The summed E-state index contributed by atoms with van der Waals surface area (Å²) in [6.45, 7) is 4.93. The molecule has 4 aliphatic rings. The Labute approximate surface area is 336 Å². The summed E-state index contributed by atoms with van der Waals surface area (Å²) in [5, 5.41) is 22.6. The van der Waals surface area contributed by atoms with E-state index in [9.17, 15) is 19.8 Å². The minimum absolute atomic E-state index is 0.130. The van der Waals surface area contributed by atoms with Crippen LogP contribution in [0.1, 0.15) is 89.3 Å². The Bertz CT molecular complexity index is 2210. The summed E-state index contributed by atoms with van der Waals surface area (Å²) in [5.41, 5.74) is 5.95. The number of aromatic nitrogens is 3. The number of aliphatic hydroxyl groups excluding tert-OH is 1. The van der Waals surface area contributed by atoms with Gasteiger partial charge in [-0.3, -0.25) is 24.4 Å². The van der Waals surface area contributed by atoms with Gasteiger partial charge in [0, 0.05) is 75.8 Å². The van der Waals surface area contributed by atoms with E-state index >= 15 is 4.39 Å². The van der Waals surface area contributed by atoms with E-state index < -0.39 is 17.2 Å². The van der Waals surface area contributed by atoms with Crippen LogP contribution in [-0.4, -0.2) is 79.2 Å².